The number of carbonyl (C=O) groups excluding carboxylic acids is 4. The molecule has 4 aromatic carbocycles. The van der Waals surface area contributed by atoms with Gasteiger partial charge in [0.05, 0.1) is 22.3 Å². The van der Waals surface area contributed by atoms with Crippen LogP contribution in [0.5, 0.6) is 34.5 Å². The van der Waals surface area contributed by atoms with E-state index in [1.165, 1.54) is 19.1 Å². The average Bonchev–Trinajstić information content (AvgIpc) is 2.85. The summed E-state index contributed by atoms with van der Waals surface area (Å²) in [6, 6.07) is 6.39. The van der Waals surface area contributed by atoms with E-state index in [2.05, 4.69) is 0 Å². The van der Waals surface area contributed by atoms with Crippen molar-refractivity contribution in [3.63, 3.8) is 0 Å². The number of phenolic OH excluding ortho intramolecular Hbond substituents is 6. The van der Waals surface area contributed by atoms with Gasteiger partial charge in [0.15, 0.2) is 11.6 Å². The van der Waals surface area contributed by atoms with Crippen molar-refractivity contribution in [2.75, 3.05) is 0 Å². The van der Waals surface area contributed by atoms with E-state index in [1.54, 1.807) is 6.92 Å². The van der Waals surface area contributed by atoms with Gasteiger partial charge < -0.3 is 30.6 Å². The number of carbonyl (C=O) groups is 4. The molecular weight excluding hydrogens is 520 g/mol. The van der Waals surface area contributed by atoms with Crippen molar-refractivity contribution in [2.45, 2.75) is 13.8 Å². The maximum Gasteiger partial charge on any atom is 0.201 e. The molecule has 0 spiro atoms. The first kappa shape index (κ1) is 24.7. The molecule has 0 bridgehead atoms. The molecule has 0 aromatic heterocycles. The fraction of sp³-hybridized carbons (Fsp3) is 0.0667. The van der Waals surface area contributed by atoms with Crippen LogP contribution in [-0.4, -0.2) is 53.8 Å². The van der Waals surface area contributed by atoms with Crippen molar-refractivity contribution in [3.8, 4) is 45.6 Å². The number of rotatable bonds is 1. The molecule has 0 saturated heterocycles. The number of aromatic hydroxyl groups is 6. The van der Waals surface area contributed by atoms with E-state index in [0.717, 1.165) is 24.3 Å². The summed E-state index contributed by atoms with van der Waals surface area (Å²) in [7, 11) is 0. The van der Waals surface area contributed by atoms with Gasteiger partial charge in [0.1, 0.15) is 34.5 Å². The van der Waals surface area contributed by atoms with Gasteiger partial charge in [-0.2, -0.15) is 0 Å². The lowest BCUT2D eigenvalue weighted by Crippen LogP contribution is -2.25. The normalized spacial score (nSPS) is 13.6. The summed E-state index contributed by atoms with van der Waals surface area (Å²) in [5.74, 6) is -7.42. The first-order chi connectivity index (χ1) is 18.8. The number of fused-ring (bicyclic) bond motifs is 4. The van der Waals surface area contributed by atoms with Crippen LogP contribution in [0.25, 0.3) is 11.1 Å². The molecule has 0 radical (unpaired) electrons. The van der Waals surface area contributed by atoms with Crippen molar-refractivity contribution < 1.29 is 49.8 Å². The van der Waals surface area contributed by atoms with Crippen LogP contribution >= 0.6 is 0 Å². The van der Waals surface area contributed by atoms with E-state index in [4.69, 9.17) is 0 Å². The minimum atomic E-state index is -0.957. The van der Waals surface area contributed by atoms with E-state index < -0.39 is 85.4 Å². The SMILES string of the molecule is Cc1cc(O)c2c(c1)C(=O)c1c(c(O)cc(O)c1-c1c(C)cc(O)c3c1C(=O)c1cc(O)cc(O)c1C3=O)C2=O. The zero-order valence-electron chi connectivity index (χ0n) is 20.8. The minimum absolute atomic E-state index is 0.117. The highest BCUT2D eigenvalue weighted by Crippen LogP contribution is 2.50. The Kier molecular flexibility index (Phi) is 4.90. The maximum absolute atomic E-state index is 13.9. The van der Waals surface area contributed by atoms with Gasteiger partial charge >= 0.3 is 0 Å². The third-order valence-electron chi connectivity index (χ3n) is 7.26. The Morgan fingerprint density at radius 2 is 0.850 bits per heavy atom. The number of benzene rings is 4. The summed E-state index contributed by atoms with van der Waals surface area (Å²) >= 11 is 0. The van der Waals surface area contributed by atoms with Gasteiger partial charge in [-0.25, -0.2) is 0 Å². The minimum Gasteiger partial charge on any atom is -0.508 e. The number of aryl methyl sites for hydroxylation is 2. The molecule has 10 heteroatoms. The predicted octanol–water partition coefficient (Wildman–Crippen LogP) is 3.75. The number of ketones is 4. The molecule has 6 rings (SSSR count). The van der Waals surface area contributed by atoms with Crippen LogP contribution in [0.15, 0.2) is 36.4 Å². The lowest BCUT2D eigenvalue weighted by atomic mass is 9.74. The first-order valence-electron chi connectivity index (χ1n) is 11.9. The van der Waals surface area contributed by atoms with Gasteiger partial charge in [-0.15, -0.1) is 0 Å². The third-order valence-corrected chi connectivity index (χ3v) is 7.26. The van der Waals surface area contributed by atoms with Gasteiger partial charge in [-0.1, -0.05) is 0 Å². The molecule has 6 N–H and O–H groups in total. The lowest BCUT2D eigenvalue weighted by molar-refractivity contribution is 0.0972. The van der Waals surface area contributed by atoms with Gasteiger partial charge in [-0.05, 0) is 49.2 Å². The number of hydrogen-bond donors (Lipinski definition) is 6. The summed E-state index contributed by atoms with van der Waals surface area (Å²) in [6.45, 7) is 3.02. The second kappa shape index (κ2) is 7.93. The molecule has 10 nitrogen and oxygen atoms in total. The third kappa shape index (κ3) is 3.04. The van der Waals surface area contributed by atoms with Gasteiger partial charge in [-0.3, -0.25) is 19.2 Å². The Labute approximate surface area is 224 Å². The second-order valence-corrected chi connectivity index (χ2v) is 9.79. The molecule has 0 amide bonds. The molecule has 0 fully saturated rings. The Hall–Kier alpha value is -5.64. The monoisotopic (exact) mass is 538 g/mol. The molecule has 0 heterocycles. The van der Waals surface area contributed by atoms with Gasteiger partial charge in [0, 0.05) is 45.5 Å². The van der Waals surface area contributed by atoms with Crippen LogP contribution in [0.4, 0.5) is 0 Å². The highest BCUT2D eigenvalue weighted by Gasteiger charge is 2.42. The Morgan fingerprint density at radius 1 is 0.400 bits per heavy atom. The molecule has 0 saturated carbocycles. The molecule has 2 aliphatic rings. The number of phenols is 6. The summed E-state index contributed by atoms with van der Waals surface area (Å²) in [5, 5.41) is 63.3. The van der Waals surface area contributed by atoms with E-state index in [9.17, 15) is 49.8 Å². The van der Waals surface area contributed by atoms with Gasteiger partial charge in [0.2, 0.25) is 11.6 Å². The molecule has 2 aliphatic carbocycles. The van der Waals surface area contributed by atoms with Crippen LogP contribution in [0.2, 0.25) is 0 Å². The number of hydrogen-bond acceptors (Lipinski definition) is 10. The first-order valence-corrected chi connectivity index (χ1v) is 11.9. The van der Waals surface area contributed by atoms with Crippen molar-refractivity contribution in [1.82, 2.24) is 0 Å². The largest absolute Gasteiger partial charge is 0.508 e. The highest BCUT2D eigenvalue weighted by atomic mass is 16.3. The Bertz CT molecular complexity index is 1810. The zero-order chi connectivity index (χ0) is 28.9. The Balaban J connectivity index is 1.75. The highest BCUT2D eigenvalue weighted by molar-refractivity contribution is 6.35. The predicted molar refractivity (Wildman–Crippen MR) is 138 cm³/mol. The van der Waals surface area contributed by atoms with Crippen LogP contribution in [0.1, 0.15) is 74.8 Å². The molecule has 0 atom stereocenters. The van der Waals surface area contributed by atoms with Crippen LogP contribution < -0.4 is 0 Å². The molecule has 198 valence electrons. The summed E-state index contributed by atoms with van der Waals surface area (Å²) in [6.07, 6.45) is 0. The summed E-state index contributed by atoms with van der Waals surface area (Å²) < 4.78 is 0. The quantitative estimate of drug-likeness (QED) is 0.180. The van der Waals surface area contributed by atoms with Crippen molar-refractivity contribution in [1.29, 1.82) is 0 Å². The Morgan fingerprint density at radius 3 is 1.45 bits per heavy atom. The zero-order valence-corrected chi connectivity index (χ0v) is 20.8. The van der Waals surface area contributed by atoms with Crippen molar-refractivity contribution >= 4 is 23.1 Å². The average molecular weight is 538 g/mol. The summed E-state index contributed by atoms with van der Waals surface area (Å²) in [4.78, 5) is 54.7. The molecule has 0 aliphatic heterocycles. The van der Waals surface area contributed by atoms with E-state index in [-0.39, 0.29) is 33.4 Å². The fourth-order valence-electron chi connectivity index (χ4n) is 5.68. The van der Waals surface area contributed by atoms with E-state index in [0.29, 0.717) is 5.56 Å². The molecular formula is C30H18O10. The van der Waals surface area contributed by atoms with E-state index in [1.807, 2.05) is 0 Å². The lowest BCUT2D eigenvalue weighted by Gasteiger charge is -2.27. The van der Waals surface area contributed by atoms with Crippen LogP contribution in [-0.2, 0) is 0 Å². The fourth-order valence-corrected chi connectivity index (χ4v) is 5.68. The topological polar surface area (TPSA) is 190 Å². The maximum atomic E-state index is 13.9. The molecule has 40 heavy (non-hydrogen) atoms. The van der Waals surface area contributed by atoms with Gasteiger partial charge in [0.25, 0.3) is 0 Å². The molecule has 4 aromatic rings. The van der Waals surface area contributed by atoms with E-state index >= 15 is 0 Å². The summed E-state index contributed by atoms with van der Waals surface area (Å²) in [5.41, 5.74) is -3.34. The van der Waals surface area contributed by atoms with Crippen LogP contribution in [0.3, 0.4) is 0 Å². The second-order valence-electron chi connectivity index (χ2n) is 9.79. The molecule has 0 unspecified atom stereocenters. The van der Waals surface area contributed by atoms with Crippen LogP contribution in [0, 0.1) is 13.8 Å². The smallest absolute Gasteiger partial charge is 0.201 e. The van der Waals surface area contributed by atoms with Crippen molar-refractivity contribution in [2.24, 2.45) is 0 Å². The van der Waals surface area contributed by atoms with Crippen molar-refractivity contribution in [3.05, 3.63) is 92.0 Å². The standard InChI is InChI=1S/C30H18O10/c1-9-3-12-20(14(32)4-9)29(39)24-18(36)8-17(35)22(26(24)27(12)37)19-10(2)5-15(33)23-25(19)28(38)13-6-11(31)7-16(34)21(13)30(23)40/h3-8,31-36H,1-2H3.